The topological polar surface area (TPSA) is 86.8 Å². The smallest absolute Gasteiger partial charge is 0.244 e. The first kappa shape index (κ1) is 27.3. The van der Waals surface area contributed by atoms with Gasteiger partial charge >= 0.3 is 0 Å². The largest absolute Gasteiger partial charge is 0.352 e. The van der Waals surface area contributed by atoms with Gasteiger partial charge in [0.25, 0.3) is 0 Å². The second kappa shape index (κ2) is 11.6. The van der Waals surface area contributed by atoms with Gasteiger partial charge < -0.3 is 10.2 Å². The summed E-state index contributed by atoms with van der Waals surface area (Å²) in [6.07, 6.45) is 4.99. The summed E-state index contributed by atoms with van der Waals surface area (Å²) >= 11 is 12.1. The highest BCUT2D eigenvalue weighted by Crippen LogP contribution is 2.28. The number of benzene rings is 2. The predicted octanol–water partition coefficient (Wildman–Crippen LogP) is 4.54. The molecule has 2 amide bonds. The Labute approximate surface area is 217 Å². The van der Waals surface area contributed by atoms with E-state index in [1.807, 2.05) is 31.2 Å². The average molecular weight is 541 g/mol. The van der Waals surface area contributed by atoms with E-state index < -0.39 is 28.5 Å². The average Bonchev–Trinajstić information content (AvgIpc) is 3.30. The first-order valence-corrected chi connectivity index (χ1v) is 14.1. The summed E-state index contributed by atoms with van der Waals surface area (Å²) in [7, 11) is -3.84. The van der Waals surface area contributed by atoms with Crippen molar-refractivity contribution in [2.24, 2.45) is 0 Å². The van der Waals surface area contributed by atoms with E-state index in [0.717, 1.165) is 47.4 Å². The Morgan fingerprint density at radius 1 is 1.06 bits per heavy atom. The van der Waals surface area contributed by atoms with Crippen molar-refractivity contribution >= 4 is 50.7 Å². The van der Waals surface area contributed by atoms with Crippen LogP contribution in [-0.2, 0) is 26.2 Å². The molecule has 1 N–H and O–H groups in total. The summed E-state index contributed by atoms with van der Waals surface area (Å²) in [5, 5.41) is 3.48. The molecule has 0 spiro atoms. The fraction of sp³-hybridized carbons (Fsp3) is 0.440. The van der Waals surface area contributed by atoms with Gasteiger partial charge in [0.1, 0.15) is 12.6 Å². The molecule has 7 nitrogen and oxygen atoms in total. The van der Waals surface area contributed by atoms with E-state index in [4.69, 9.17) is 23.2 Å². The molecule has 10 heteroatoms. The monoisotopic (exact) mass is 539 g/mol. The van der Waals surface area contributed by atoms with Crippen molar-refractivity contribution in [1.82, 2.24) is 10.2 Å². The number of amides is 2. The van der Waals surface area contributed by atoms with Crippen LogP contribution in [-0.4, -0.2) is 50.0 Å². The van der Waals surface area contributed by atoms with Crippen LogP contribution >= 0.6 is 23.2 Å². The second-order valence-corrected chi connectivity index (χ2v) is 11.8. The van der Waals surface area contributed by atoms with Gasteiger partial charge in [-0.15, -0.1) is 0 Å². The molecular formula is C25H31Cl2N3O4S. The van der Waals surface area contributed by atoms with Crippen molar-refractivity contribution in [3.63, 3.8) is 0 Å². The molecular weight excluding hydrogens is 509 g/mol. The molecule has 1 aliphatic carbocycles. The molecule has 1 saturated carbocycles. The number of carbonyl (C=O) groups is 2. The fourth-order valence-electron chi connectivity index (χ4n) is 4.12. The van der Waals surface area contributed by atoms with Crippen molar-refractivity contribution in [3.05, 3.63) is 63.6 Å². The zero-order valence-electron chi connectivity index (χ0n) is 20.1. The lowest BCUT2D eigenvalue weighted by atomic mass is 10.1. The molecule has 0 bridgehead atoms. The Hall–Kier alpha value is -2.29. The molecule has 0 heterocycles. The van der Waals surface area contributed by atoms with Crippen LogP contribution in [0.25, 0.3) is 0 Å². The minimum absolute atomic E-state index is 0.102. The number of hydrogen-bond donors (Lipinski definition) is 1. The molecule has 0 aliphatic heterocycles. The number of anilines is 1. The molecule has 2 aromatic rings. The third kappa shape index (κ3) is 7.35. The Balaban J connectivity index is 1.88. The number of sulfonamides is 1. The van der Waals surface area contributed by atoms with Crippen molar-refractivity contribution in [1.29, 1.82) is 0 Å². The molecule has 0 saturated heterocycles. The third-order valence-corrected chi connectivity index (χ3v) is 8.09. The van der Waals surface area contributed by atoms with Gasteiger partial charge in [0.2, 0.25) is 21.8 Å². The third-order valence-electron chi connectivity index (χ3n) is 6.21. The van der Waals surface area contributed by atoms with Crippen LogP contribution < -0.4 is 9.62 Å². The number of halogens is 2. The van der Waals surface area contributed by atoms with E-state index >= 15 is 0 Å². The normalized spacial score (nSPS) is 15.0. The summed E-state index contributed by atoms with van der Waals surface area (Å²) in [6, 6.07) is 11.3. The molecule has 1 atom stereocenters. The van der Waals surface area contributed by atoms with Gasteiger partial charge in [-0.1, -0.05) is 65.9 Å². The quantitative estimate of drug-likeness (QED) is 0.506. The second-order valence-electron chi connectivity index (χ2n) is 9.04. The Kier molecular flexibility index (Phi) is 9.07. The van der Waals surface area contributed by atoms with Crippen LogP contribution in [0.5, 0.6) is 0 Å². The first-order valence-electron chi connectivity index (χ1n) is 11.5. The van der Waals surface area contributed by atoms with Crippen molar-refractivity contribution in [3.8, 4) is 0 Å². The molecule has 0 radical (unpaired) electrons. The van der Waals surface area contributed by atoms with Gasteiger partial charge in [0, 0.05) is 12.6 Å². The van der Waals surface area contributed by atoms with Crippen molar-refractivity contribution < 1.29 is 18.0 Å². The Morgan fingerprint density at radius 2 is 1.69 bits per heavy atom. The minimum atomic E-state index is -3.84. The van der Waals surface area contributed by atoms with E-state index in [2.05, 4.69) is 5.32 Å². The zero-order valence-corrected chi connectivity index (χ0v) is 22.5. The highest BCUT2D eigenvalue weighted by atomic mass is 35.5. The van der Waals surface area contributed by atoms with Gasteiger partial charge in [0.15, 0.2) is 0 Å². The maximum atomic E-state index is 13.6. The lowest BCUT2D eigenvalue weighted by Gasteiger charge is -2.32. The van der Waals surface area contributed by atoms with Gasteiger partial charge in [0.05, 0.1) is 22.0 Å². The lowest BCUT2D eigenvalue weighted by Crippen LogP contribution is -2.52. The molecule has 3 rings (SSSR count). The maximum Gasteiger partial charge on any atom is 0.244 e. The number of hydrogen-bond acceptors (Lipinski definition) is 4. The number of rotatable bonds is 9. The molecule has 0 unspecified atom stereocenters. The fourth-order valence-corrected chi connectivity index (χ4v) is 5.25. The van der Waals surface area contributed by atoms with E-state index in [-0.39, 0.29) is 34.2 Å². The minimum Gasteiger partial charge on any atom is -0.352 e. The van der Waals surface area contributed by atoms with Crippen LogP contribution in [0.2, 0.25) is 10.0 Å². The van der Waals surface area contributed by atoms with Gasteiger partial charge in [-0.2, -0.15) is 0 Å². The highest BCUT2D eigenvalue weighted by molar-refractivity contribution is 7.92. The highest BCUT2D eigenvalue weighted by Gasteiger charge is 2.31. The maximum absolute atomic E-state index is 13.6. The molecule has 1 fully saturated rings. The molecule has 35 heavy (non-hydrogen) atoms. The molecule has 0 aromatic heterocycles. The van der Waals surface area contributed by atoms with Crippen LogP contribution in [0, 0.1) is 6.92 Å². The molecule has 2 aromatic carbocycles. The Morgan fingerprint density at radius 3 is 2.26 bits per heavy atom. The zero-order chi connectivity index (χ0) is 25.8. The standard InChI is InChI=1S/C25H31Cl2N3O4S/c1-17-8-10-19(11-9-17)15-29(18(2)25(32)28-20-6-4-5-7-20)24(31)16-30(35(3,33)34)21-12-13-22(26)23(27)14-21/h8-14,18,20H,4-7,15-16H2,1-3H3,(H,28,32)/t18-/m0/s1. The Bertz CT molecular complexity index is 1170. The summed E-state index contributed by atoms with van der Waals surface area (Å²) in [5.74, 6) is -0.756. The SMILES string of the molecule is Cc1ccc(CN(C(=O)CN(c2ccc(Cl)c(Cl)c2)S(C)(=O)=O)[C@@H](C)C(=O)NC2CCCC2)cc1. The first-order chi connectivity index (χ1) is 16.5. The van der Waals surface area contributed by atoms with Gasteiger partial charge in [-0.3, -0.25) is 13.9 Å². The van der Waals surface area contributed by atoms with E-state index in [0.29, 0.717) is 0 Å². The van der Waals surface area contributed by atoms with Gasteiger partial charge in [-0.25, -0.2) is 8.42 Å². The summed E-state index contributed by atoms with van der Waals surface area (Å²) in [4.78, 5) is 28.0. The molecule has 190 valence electrons. The van der Waals surface area contributed by atoms with Crippen LogP contribution in [0.1, 0.15) is 43.7 Å². The summed E-state index contributed by atoms with van der Waals surface area (Å²) < 4.78 is 26.2. The van der Waals surface area contributed by atoms with Crippen molar-refractivity contribution in [2.75, 3.05) is 17.1 Å². The van der Waals surface area contributed by atoms with Crippen LogP contribution in [0.3, 0.4) is 0 Å². The predicted molar refractivity (Wildman–Crippen MR) is 140 cm³/mol. The van der Waals surface area contributed by atoms with E-state index in [9.17, 15) is 18.0 Å². The number of aryl methyl sites for hydroxylation is 1. The van der Waals surface area contributed by atoms with E-state index in [1.165, 1.54) is 23.1 Å². The number of carbonyl (C=O) groups excluding carboxylic acids is 2. The summed E-state index contributed by atoms with van der Waals surface area (Å²) in [5.41, 5.74) is 2.13. The van der Waals surface area contributed by atoms with Gasteiger partial charge in [-0.05, 0) is 50.5 Å². The summed E-state index contributed by atoms with van der Waals surface area (Å²) in [6.45, 7) is 3.31. The number of nitrogens with zero attached hydrogens (tertiary/aromatic N) is 2. The van der Waals surface area contributed by atoms with E-state index in [1.54, 1.807) is 6.92 Å². The lowest BCUT2D eigenvalue weighted by molar-refractivity contribution is -0.139. The van der Waals surface area contributed by atoms with Crippen molar-refractivity contribution in [2.45, 2.75) is 58.2 Å². The number of nitrogens with one attached hydrogen (secondary N) is 1. The molecule has 1 aliphatic rings. The van der Waals surface area contributed by atoms with Crippen LogP contribution in [0.4, 0.5) is 5.69 Å². The van der Waals surface area contributed by atoms with Crippen LogP contribution in [0.15, 0.2) is 42.5 Å².